The van der Waals surface area contributed by atoms with Crippen molar-refractivity contribution in [3.63, 3.8) is 0 Å². The van der Waals surface area contributed by atoms with Crippen LogP contribution in [0.2, 0.25) is 0 Å². The van der Waals surface area contributed by atoms with Crippen LogP contribution >= 0.6 is 11.8 Å². The van der Waals surface area contributed by atoms with Crippen LogP contribution in [-0.4, -0.2) is 64.8 Å². The maximum absolute atomic E-state index is 12.0. The Morgan fingerprint density at radius 3 is 2.76 bits per heavy atom. The number of nitrogens with zero attached hydrogens (tertiary/aromatic N) is 4. The number of urea groups is 2. The van der Waals surface area contributed by atoms with Gasteiger partial charge in [-0.3, -0.25) is 4.90 Å². The van der Waals surface area contributed by atoms with E-state index in [1.165, 1.54) is 11.8 Å². The molecule has 1 aromatic carbocycles. The molecule has 3 rings (SSSR count). The first kappa shape index (κ1) is 17.1. The molecular weight excluding hydrogens is 342 g/mol. The lowest BCUT2D eigenvalue weighted by molar-refractivity contribution is 0.229. The molecule has 2 heterocycles. The summed E-state index contributed by atoms with van der Waals surface area (Å²) in [6.07, 6.45) is 1.63. The van der Waals surface area contributed by atoms with E-state index in [0.717, 1.165) is 10.7 Å². The highest BCUT2D eigenvalue weighted by atomic mass is 32.2. The highest BCUT2D eigenvalue weighted by Crippen LogP contribution is 2.21. The minimum absolute atomic E-state index is 0.0111. The maximum atomic E-state index is 12.0. The van der Waals surface area contributed by atoms with Crippen molar-refractivity contribution >= 4 is 35.2 Å². The summed E-state index contributed by atoms with van der Waals surface area (Å²) in [5, 5.41) is 16.5. The number of rotatable bonds is 6. The maximum Gasteiger partial charge on any atom is 0.324 e. The number of hydrogen-bond acceptors (Lipinski definition) is 5. The number of benzene rings is 1. The molecular formula is C15H19N7O2S. The van der Waals surface area contributed by atoms with Gasteiger partial charge in [0.25, 0.3) is 0 Å². The first-order chi connectivity index (χ1) is 12.1. The molecule has 1 aliphatic heterocycles. The Morgan fingerprint density at radius 1 is 1.32 bits per heavy atom. The molecule has 0 aliphatic carbocycles. The van der Waals surface area contributed by atoms with E-state index >= 15 is 0 Å². The number of hydrogen-bond donors (Lipinski definition) is 3. The molecule has 10 heteroatoms. The number of aromatic amines is 1. The Kier molecular flexibility index (Phi) is 5.39. The van der Waals surface area contributed by atoms with Gasteiger partial charge in [0.2, 0.25) is 0 Å². The third kappa shape index (κ3) is 4.41. The van der Waals surface area contributed by atoms with Crippen molar-refractivity contribution in [2.24, 2.45) is 0 Å². The first-order valence-corrected chi connectivity index (χ1v) is 8.78. The number of amides is 4. The predicted octanol–water partition coefficient (Wildman–Crippen LogP) is 1.59. The number of H-pyrrole nitrogens is 1. The Labute approximate surface area is 149 Å². The van der Waals surface area contributed by atoms with Crippen LogP contribution in [0.15, 0.2) is 35.5 Å². The molecule has 2 aromatic rings. The van der Waals surface area contributed by atoms with Crippen molar-refractivity contribution in [2.45, 2.75) is 5.03 Å². The molecule has 1 saturated heterocycles. The minimum Gasteiger partial charge on any atom is -0.337 e. The van der Waals surface area contributed by atoms with E-state index in [4.69, 9.17) is 0 Å². The average molecular weight is 361 g/mol. The van der Waals surface area contributed by atoms with Crippen molar-refractivity contribution in [1.29, 1.82) is 0 Å². The summed E-state index contributed by atoms with van der Waals surface area (Å²) >= 11 is 1.50. The van der Waals surface area contributed by atoms with Crippen molar-refractivity contribution < 1.29 is 9.59 Å². The van der Waals surface area contributed by atoms with Crippen LogP contribution in [0.1, 0.15) is 0 Å². The van der Waals surface area contributed by atoms with Gasteiger partial charge in [-0.15, -0.1) is 16.9 Å². The van der Waals surface area contributed by atoms with E-state index in [0.29, 0.717) is 31.1 Å². The summed E-state index contributed by atoms with van der Waals surface area (Å²) in [5.74, 6) is 0.698. The number of aromatic nitrogens is 3. The second-order valence-electron chi connectivity index (χ2n) is 5.44. The van der Waals surface area contributed by atoms with Crippen LogP contribution in [0.4, 0.5) is 21.0 Å². The summed E-state index contributed by atoms with van der Waals surface area (Å²) in [7, 11) is 1.78. The van der Waals surface area contributed by atoms with Gasteiger partial charge < -0.3 is 15.5 Å². The smallest absolute Gasteiger partial charge is 0.324 e. The fourth-order valence-corrected chi connectivity index (χ4v) is 3.01. The quantitative estimate of drug-likeness (QED) is 0.535. The summed E-state index contributed by atoms with van der Waals surface area (Å²) < 4.78 is 0. The van der Waals surface area contributed by atoms with Gasteiger partial charge in [0, 0.05) is 43.8 Å². The molecule has 1 fully saturated rings. The standard InChI is InChI=1S/C15H19N7O2S/c1-21-7-8-22(15(21)24)12-4-2-11(3-5-12)18-14(23)16-6-9-25-13-10-17-20-19-13/h2-5,10H,6-9H2,1H3,(H2,16,18,23)(H,17,19,20). The third-order valence-corrected chi connectivity index (χ3v) is 4.58. The molecule has 0 atom stereocenters. The molecule has 1 aromatic heterocycles. The van der Waals surface area contributed by atoms with Gasteiger partial charge in [-0.05, 0) is 24.3 Å². The molecule has 0 unspecified atom stereocenters. The summed E-state index contributed by atoms with van der Waals surface area (Å²) in [4.78, 5) is 27.2. The van der Waals surface area contributed by atoms with Crippen LogP contribution in [0, 0.1) is 0 Å². The molecule has 4 amide bonds. The van der Waals surface area contributed by atoms with Crippen LogP contribution in [0.25, 0.3) is 0 Å². The highest BCUT2D eigenvalue weighted by molar-refractivity contribution is 7.99. The number of likely N-dealkylation sites (N-methyl/N-ethyl adjacent to an activating group) is 1. The van der Waals surface area contributed by atoms with Crippen LogP contribution < -0.4 is 15.5 Å². The van der Waals surface area contributed by atoms with Crippen molar-refractivity contribution in [2.75, 3.05) is 42.7 Å². The molecule has 132 valence electrons. The molecule has 0 radical (unpaired) electrons. The van der Waals surface area contributed by atoms with E-state index < -0.39 is 0 Å². The summed E-state index contributed by atoms with van der Waals surface area (Å²) in [5.41, 5.74) is 1.50. The van der Waals surface area contributed by atoms with Crippen molar-refractivity contribution in [3.8, 4) is 0 Å². The van der Waals surface area contributed by atoms with E-state index in [2.05, 4.69) is 26.0 Å². The van der Waals surface area contributed by atoms with Crippen LogP contribution in [-0.2, 0) is 0 Å². The van der Waals surface area contributed by atoms with E-state index in [1.807, 2.05) is 12.1 Å². The Morgan fingerprint density at radius 2 is 2.12 bits per heavy atom. The molecule has 1 aliphatic rings. The minimum atomic E-state index is -0.273. The van der Waals surface area contributed by atoms with Crippen molar-refractivity contribution in [3.05, 3.63) is 30.5 Å². The number of nitrogens with one attached hydrogen (secondary N) is 3. The lowest BCUT2D eigenvalue weighted by Crippen LogP contribution is -2.30. The Hall–Kier alpha value is -2.75. The van der Waals surface area contributed by atoms with E-state index in [1.54, 1.807) is 35.2 Å². The second-order valence-corrected chi connectivity index (χ2v) is 6.56. The van der Waals surface area contributed by atoms with Crippen LogP contribution in [0.5, 0.6) is 0 Å². The Balaban J connectivity index is 1.43. The molecule has 25 heavy (non-hydrogen) atoms. The molecule has 9 nitrogen and oxygen atoms in total. The third-order valence-electron chi connectivity index (χ3n) is 3.68. The zero-order chi connectivity index (χ0) is 17.6. The summed E-state index contributed by atoms with van der Waals surface area (Å²) in [6.45, 7) is 1.90. The number of carbonyl (C=O) groups is 2. The van der Waals surface area contributed by atoms with E-state index in [9.17, 15) is 9.59 Å². The van der Waals surface area contributed by atoms with Gasteiger partial charge in [0.05, 0.1) is 6.20 Å². The number of carbonyl (C=O) groups excluding carboxylic acids is 2. The fraction of sp³-hybridized carbons (Fsp3) is 0.333. The largest absolute Gasteiger partial charge is 0.337 e. The number of thioether (sulfide) groups is 1. The number of anilines is 2. The average Bonchev–Trinajstić information content (AvgIpc) is 3.24. The second kappa shape index (κ2) is 7.88. The lowest BCUT2D eigenvalue weighted by atomic mass is 10.2. The normalized spacial score (nSPS) is 14.0. The van der Waals surface area contributed by atoms with Crippen LogP contribution in [0.3, 0.4) is 0 Å². The van der Waals surface area contributed by atoms with E-state index in [-0.39, 0.29) is 12.1 Å². The van der Waals surface area contributed by atoms with Crippen molar-refractivity contribution in [1.82, 2.24) is 25.6 Å². The summed E-state index contributed by atoms with van der Waals surface area (Å²) in [6, 6.07) is 6.93. The molecule has 3 N–H and O–H groups in total. The predicted molar refractivity (Wildman–Crippen MR) is 95.9 cm³/mol. The van der Waals surface area contributed by atoms with Gasteiger partial charge in [-0.2, -0.15) is 10.3 Å². The zero-order valence-corrected chi connectivity index (χ0v) is 14.5. The lowest BCUT2D eigenvalue weighted by Gasteiger charge is -2.16. The molecule has 0 saturated carbocycles. The monoisotopic (exact) mass is 361 g/mol. The van der Waals surface area contributed by atoms with Gasteiger partial charge in [-0.25, -0.2) is 9.59 Å². The molecule has 0 bridgehead atoms. The van der Waals surface area contributed by atoms with Gasteiger partial charge in [0.15, 0.2) is 0 Å². The molecule has 0 spiro atoms. The Bertz CT molecular complexity index is 720. The fourth-order valence-electron chi connectivity index (χ4n) is 2.37. The topological polar surface area (TPSA) is 106 Å². The first-order valence-electron chi connectivity index (χ1n) is 7.79. The SMILES string of the molecule is CN1CCN(c2ccc(NC(=O)NCCSc3cn[nH]n3)cc2)C1=O. The zero-order valence-electron chi connectivity index (χ0n) is 13.7. The van der Waals surface area contributed by atoms with Gasteiger partial charge in [0.1, 0.15) is 5.03 Å². The highest BCUT2D eigenvalue weighted by Gasteiger charge is 2.26. The van der Waals surface area contributed by atoms with Gasteiger partial charge in [-0.1, -0.05) is 0 Å². The van der Waals surface area contributed by atoms with Gasteiger partial charge >= 0.3 is 12.1 Å².